The molecule has 0 saturated carbocycles. The molecule has 1 rings (SSSR count). The highest BCUT2D eigenvalue weighted by Gasteiger charge is 2.27. The second-order valence-electron chi connectivity index (χ2n) is 4.59. The number of unbranched alkanes of at least 4 members (excludes halogenated alkanes) is 5. The molecule has 0 amide bonds. The molecule has 17 heavy (non-hydrogen) atoms. The van der Waals surface area contributed by atoms with Gasteiger partial charge in [0.15, 0.2) is 0 Å². The van der Waals surface area contributed by atoms with Crippen LogP contribution in [0, 0.1) is 0 Å². The summed E-state index contributed by atoms with van der Waals surface area (Å²) in [4.78, 5) is 0. The summed E-state index contributed by atoms with van der Waals surface area (Å²) < 4.78 is -1.37. The first kappa shape index (κ1) is 15.7. The summed E-state index contributed by atoms with van der Waals surface area (Å²) in [5, 5.41) is 1.52. The molecule has 0 fully saturated rings. The van der Waals surface area contributed by atoms with Gasteiger partial charge in [-0.1, -0.05) is 97.6 Å². The van der Waals surface area contributed by atoms with E-state index in [0.29, 0.717) is 0 Å². The molecule has 0 spiro atoms. The molecular formula is C14H22BrISi. The zero-order valence-corrected chi connectivity index (χ0v) is 15.3. The fraction of sp³-hybridized carbons (Fsp3) is 0.571. The molecule has 0 nitrogen and oxygen atoms in total. The summed E-state index contributed by atoms with van der Waals surface area (Å²) in [7, 11) is 0. The topological polar surface area (TPSA) is 0 Å². The summed E-state index contributed by atoms with van der Waals surface area (Å²) in [6, 6.07) is 12.3. The van der Waals surface area contributed by atoms with E-state index >= 15 is 0 Å². The van der Waals surface area contributed by atoms with E-state index in [1.54, 1.807) is 0 Å². The SMILES string of the molecule is CCCCCCCC[Si](Br)(I)c1ccccc1. The maximum atomic E-state index is 4.00. The highest BCUT2D eigenvalue weighted by molar-refractivity contribution is 14.1. The van der Waals surface area contributed by atoms with Crippen LogP contribution in [0.15, 0.2) is 30.3 Å². The van der Waals surface area contributed by atoms with Crippen LogP contribution in [0.1, 0.15) is 45.4 Å². The maximum Gasteiger partial charge on any atom is 0.225 e. The summed E-state index contributed by atoms with van der Waals surface area (Å²) in [5.74, 6) is 0. The Balaban J connectivity index is 2.26. The van der Waals surface area contributed by atoms with Crippen LogP contribution < -0.4 is 5.19 Å². The Morgan fingerprint density at radius 1 is 1.00 bits per heavy atom. The Bertz CT molecular complexity index is 300. The van der Waals surface area contributed by atoms with Gasteiger partial charge in [-0.15, -0.1) is 15.3 Å². The third-order valence-corrected chi connectivity index (χ3v) is 11.2. The normalized spacial score (nSPS) is 14.5. The van der Waals surface area contributed by atoms with Crippen molar-refractivity contribution in [1.82, 2.24) is 0 Å². The van der Waals surface area contributed by atoms with Gasteiger partial charge in [0.1, 0.15) is 0 Å². The predicted molar refractivity (Wildman–Crippen MR) is 93.0 cm³/mol. The van der Waals surface area contributed by atoms with E-state index in [-0.39, 0.29) is 0 Å². The van der Waals surface area contributed by atoms with Crippen molar-refractivity contribution in [2.24, 2.45) is 0 Å². The van der Waals surface area contributed by atoms with E-state index in [1.807, 2.05) is 0 Å². The summed E-state index contributed by atoms with van der Waals surface area (Å²) in [5.41, 5.74) is 0. The lowest BCUT2D eigenvalue weighted by Crippen LogP contribution is -2.34. The van der Waals surface area contributed by atoms with Crippen molar-refractivity contribution in [3.05, 3.63) is 30.3 Å². The van der Waals surface area contributed by atoms with Crippen molar-refractivity contribution in [1.29, 1.82) is 0 Å². The molecule has 0 aliphatic carbocycles. The van der Waals surface area contributed by atoms with Crippen LogP contribution in [-0.2, 0) is 0 Å². The Morgan fingerprint density at radius 3 is 2.24 bits per heavy atom. The van der Waals surface area contributed by atoms with Crippen LogP contribution in [0.4, 0.5) is 0 Å². The third-order valence-electron chi connectivity index (χ3n) is 3.04. The van der Waals surface area contributed by atoms with Gasteiger partial charge < -0.3 is 0 Å². The molecule has 0 aliphatic rings. The van der Waals surface area contributed by atoms with Gasteiger partial charge in [-0.25, -0.2) is 0 Å². The van der Waals surface area contributed by atoms with Crippen molar-refractivity contribution in [3.8, 4) is 0 Å². The molecule has 0 bridgehead atoms. The second kappa shape index (κ2) is 8.70. The zero-order valence-electron chi connectivity index (χ0n) is 10.6. The highest BCUT2D eigenvalue weighted by Crippen LogP contribution is 2.28. The first-order valence-corrected chi connectivity index (χ1v) is 14.2. The molecule has 1 unspecified atom stereocenters. The molecule has 0 aliphatic heterocycles. The summed E-state index contributed by atoms with van der Waals surface area (Å²) >= 11 is 6.66. The molecule has 0 N–H and O–H groups in total. The summed E-state index contributed by atoms with van der Waals surface area (Å²) in [6.45, 7) is 2.27. The van der Waals surface area contributed by atoms with Crippen LogP contribution in [0.25, 0.3) is 0 Å². The number of benzene rings is 1. The van der Waals surface area contributed by atoms with Gasteiger partial charge in [0.25, 0.3) is 0 Å². The Kier molecular flexibility index (Phi) is 8.03. The lowest BCUT2D eigenvalue weighted by Gasteiger charge is -2.18. The van der Waals surface area contributed by atoms with Gasteiger partial charge >= 0.3 is 0 Å². The number of hydrogen-bond donors (Lipinski definition) is 0. The lowest BCUT2D eigenvalue weighted by molar-refractivity contribution is 0.624. The minimum Gasteiger partial charge on any atom is -0.106 e. The second-order valence-corrected chi connectivity index (χ2v) is 21.1. The molecule has 0 radical (unpaired) electrons. The number of hydrogen-bond acceptors (Lipinski definition) is 0. The van der Waals surface area contributed by atoms with E-state index in [0.717, 1.165) is 0 Å². The first-order chi connectivity index (χ1) is 8.17. The van der Waals surface area contributed by atoms with Crippen LogP contribution in [0.2, 0.25) is 6.04 Å². The highest BCUT2D eigenvalue weighted by atomic mass is 127. The van der Waals surface area contributed by atoms with Gasteiger partial charge in [-0.2, -0.15) is 0 Å². The fourth-order valence-corrected chi connectivity index (χ4v) is 7.47. The van der Waals surface area contributed by atoms with Gasteiger partial charge in [-0.3, -0.25) is 0 Å². The first-order valence-electron chi connectivity index (χ1n) is 6.60. The van der Waals surface area contributed by atoms with Crippen molar-refractivity contribution in [2.75, 3.05) is 0 Å². The van der Waals surface area contributed by atoms with Crippen molar-refractivity contribution >= 4 is 46.5 Å². The fourth-order valence-electron chi connectivity index (χ4n) is 1.95. The Labute approximate surface area is 127 Å². The van der Waals surface area contributed by atoms with Gasteiger partial charge in [0, 0.05) is 0 Å². The quantitative estimate of drug-likeness (QED) is 0.223. The third kappa shape index (κ3) is 6.39. The lowest BCUT2D eigenvalue weighted by atomic mass is 10.1. The molecular weight excluding hydrogens is 403 g/mol. The van der Waals surface area contributed by atoms with Gasteiger partial charge in [-0.05, 0) is 11.2 Å². The average Bonchev–Trinajstić information content (AvgIpc) is 2.35. The number of halogens is 2. The standard InChI is InChI=1S/C14H22BrISi/c1-2-3-4-5-6-10-13-17(15,16)14-11-8-7-9-12-14/h7-9,11-12H,2-6,10,13H2,1H3. The molecule has 1 aromatic carbocycles. The average molecular weight is 425 g/mol. The van der Waals surface area contributed by atoms with Crippen molar-refractivity contribution in [2.45, 2.75) is 51.5 Å². The van der Waals surface area contributed by atoms with Gasteiger partial charge in [0.2, 0.25) is 4.19 Å². The van der Waals surface area contributed by atoms with Crippen LogP contribution in [0.5, 0.6) is 0 Å². The maximum absolute atomic E-state index is 4.00. The molecule has 1 aromatic rings. The minimum absolute atomic E-state index is 1.34. The summed E-state index contributed by atoms with van der Waals surface area (Å²) in [6.07, 6.45) is 8.35. The smallest absolute Gasteiger partial charge is 0.106 e. The molecule has 96 valence electrons. The zero-order chi connectivity index (χ0) is 12.6. The van der Waals surface area contributed by atoms with E-state index in [4.69, 9.17) is 0 Å². The van der Waals surface area contributed by atoms with E-state index in [1.165, 1.54) is 49.8 Å². The van der Waals surface area contributed by atoms with Crippen molar-refractivity contribution < 1.29 is 0 Å². The number of rotatable bonds is 8. The molecule has 1 atom stereocenters. The van der Waals surface area contributed by atoms with E-state index < -0.39 is 4.19 Å². The largest absolute Gasteiger partial charge is 0.225 e. The van der Waals surface area contributed by atoms with E-state index in [9.17, 15) is 0 Å². The minimum atomic E-state index is -1.37. The molecule has 3 heteroatoms. The van der Waals surface area contributed by atoms with Crippen molar-refractivity contribution in [3.63, 3.8) is 0 Å². The monoisotopic (exact) mass is 424 g/mol. The van der Waals surface area contributed by atoms with Crippen LogP contribution >= 0.6 is 37.1 Å². The van der Waals surface area contributed by atoms with Crippen LogP contribution in [0.3, 0.4) is 0 Å². The van der Waals surface area contributed by atoms with E-state index in [2.05, 4.69) is 74.3 Å². The molecule has 0 saturated heterocycles. The van der Waals surface area contributed by atoms with Gasteiger partial charge in [0.05, 0.1) is 0 Å². The Morgan fingerprint density at radius 2 is 1.59 bits per heavy atom. The molecule has 0 aromatic heterocycles. The molecule has 0 heterocycles. The predicted octanol–water partition coefficient (Wildman–Crippen LogP) is 5.53. The Hall–Kier alpha value is 0.647. The van der Waals surface area contributed by atoms with Crippen LogP contribution in [-0.4, -0.2) is 4.19 Å².